The van der Waals surface area contributed by atoms with E-state index in [0.717, 1.165) is 12.8 Å². The van der Waals surface area contributed by atoms with Crippen LogP contribution < -0.4 is 0 Å². The zero-order valence-electron chi connectivity index (χ0n) is 17.6. The minimum absolute atomic E-state index is 0.0847. The number of halogens is 1. The van der Waals surface area contributed by atoms with Crippen LogP contribution >= 0.6 is 10.7 Å². The van der Waals surface area contributed by atoms with Gasteiger partial charge in [0.25, 0.3) is 9.05 Å². The van der Waals surface area contributed by atoms with Gasteiger partial charge in [0, 0.05) is 21.5 Å². The maximum Gasteiger partial charge on any atom is 0.261 e. The van der Waals surface area contributed by atoms with Crippen LogP contribution in [0.25, 0.3) is 10.8 Å². The molecule has 2 rings (SSSR count). The quantitative estimate of drug-likeness (QED) is 0.242. The second kappa shape index (κ2) is 12.4. The first-order chi connectivity index (χ1) is 13.9. The number of aryl methyl sites for hydroxylation is 1. The highest BCUT2D eigenvalue weighted by Crippen LogP contribution is 2.36. The van der Waals surface area contributed by atoms with Crippen molar-refractivity contribution in [2.24, 2.45) is 0 Å². The molecule has 0 radical (unpaired) electrons. The number of hydrogen-bond donors (Lipinski definition) is 1. The smallest absolute Gasteiger partial charge is 0.261 e. The van der Waals surface area contributed by atoms with Gasteiger partial charge < -0.3 is 5.11 Å². The van der Waals surface area contributed by atoms with E-state index in [0.29, 0.717) is 22.8 Å². The summed E-state index contributed by atoms with van der Waals surface area (Å²) in [6.07, 6.45) is 15.9. The third-order valence-corrected chi connectivity index (χ3v) is 6.98. The van der Waals surface area contributed by atoms with Crippen LogP contribution in [-0.4, -0.2) is 13.5 Å². The van der Waals surface area contributed by atoms with Crippen molar-refractivity contribution < 1.29 is 13.5 Å². The summed E-state index contributed by atoms with van der Waals surface area (Å²) in [5, 5.41) is 11.6. The average Bonchev–Trinajstić information content (AvgIpc) is 2.69. The Morgan fingerprint density at radius 3 is 1.79 bits per heavy atom. The molecule has 0 saturated carbocycles. The second-order valence-corrected chi connectivity index (χ2v) is 10.5. The topological polar surface area (TPSA) is 54.4 Å². The number of benzene rings is 2. The van der Waals surface area contributed by atoms with Crippen molar-refractivity contribution in [3.63, 3.8) is 0 Å². The molecule has 0 aliphatic heterocycles. The maximum atomic E-state index is 12.0. The van der Waals surface area contributed by atoms with Gasteiger partial charge in [-0.3, -0.25) is 0 Å². The van der Waals surface area contributed by atoms with E-state index >= 15 is 0 Å². The summed E-state index contributed by atoms with van der Waals surface area (Å²) in [6, 6.07) is 8.50. The van der Waals surface area contributed by atoms with E-state index in [1.54, 1.807) is 30.3 Å². The SMILES string of the molecule is CCCCCCCCCCCCCCc1cc(S(=O)(=O)Cl)c2ccccc2c1O. The highest BCUT2D eigenvalue weighted by Gasteiger charge is 2.19. The number of fused-ring (bicyclic) bond motifs is 1. The number of hydrogen-bond acceptors (Lipinski definition) is 3. The van der Waals surface area contributed by atoms with Crippen LogP contribution in [0.1, 0.15) is 89.5 Å². The van der Waals surface area contributed by atoms with Gasteiger partial charge in [-0.15, -0.1) is 0 Å². The Kier molecular flexibility index (Phi) is 10.3. The molecule has 0 bridgehead atoms. The van der Waals surface area contributed by atoms with Crippen LogP contribution in [0.15, 0.2) is 35.2 Å². The van der Waals surface area contributed by atoms with E-state index in [2.05, 4.69) is 6.92 Å². The Balaban J connectivity index is 1.76. The zero-order valence-corrected chi connectivity index (χ0v) is 19.2. The number of aromatic hydroxyl groups is 1. The molecule has 1 N–H and O–H groups in total. The first kappa shape index (κ1) is 24.0. The molecule has 0 saturated heterocycles. The van der Waals surface area contributed by atoms with E-state index in [-0.39, 0.29) is 10.6 Å². The van der Waals surface area contributed by atoms with Crippen molar-refractivity contribution in [3.05, 3.63) is 35.9 Å². The van der Waals surface area contributed by atoms with Gasteiger partial charge in [0.15, 0.2) is 0 Å². The van der Waals surface area contributed by atoms with Crippen molar-refractivity contribution in [1.82, 2.24) is 0 Å². The molecule has 0 aromatic heterocycles. The highest BCUT2D eigenvalue weighted by atomic mass is 35.7. The first-order valence-corrected chi connectivity index (χ1v) is 13.4. The maximum absolute atomic E-state index is 12.0. The van der Waals surface area contributed by atoms with E-state index in [4.69, 9.17) is 10.7 Å². The lowest BCUT2D eigenvalue weighted by atomic mass is 10.00. The lowest BCUT2D eigenvalue weighted by molar-refractivity contribution is 0.471. The molecule has 2 aromatic carbocycles. The monoisotopic (exact) mass is 438 g/mol. The zero-order chi connectivity index (χ0) is 21.1. The molecule has 0 fully saturated rings. The standard InChI is InChI=1S/C24H35ClO3S/c1-2-3-4-5-6-7-8-9-10-11-12-13-16-20-19-23(29(25,27)28)21-17-14-15-18-22(21)24(20)26/h14-15,17-19,26H,2-13,16H2,1H3. The van der Waals surface area contributed by atoms with Crippen molar-refractivity contribution in [2.75, 3.05) is 0 Å². The van der Waals surface area contributed by atoms with Gasteiger partial charge in [0.1, 0.15) is 5.75 Å². The predicted octanol–water partition coefficient (Wildman–Crippen LogP) is 7.72. The van der Waals surface area contributed by atoms with Gasteiger partial charge >= 0.3 is 0 Å². The molecule has 0 spiro atoms. The molecule has 2 aromatic rings. The fourth-order valence-corrected chi connectivity index (χ4v) is 5.04. The minimum Gasteiger partial charge on any atom is -0.507 e. The van der Waals surface area contributed by atoms with Crippen molar-refractivity contribution >= 4 is 30.5 Å². The molecule has 5 heteroatoms. The van der Waals surface area contributed by atoms with Gasteiger partial charge in [-0.1, -0.05) is 102 Å². The first-order valence-electron chi connectivity index (χ1n) is 11.1. The van der Waals surface area contributed by atoms with Crippen LogP contribution in [0.2, 0.25) is 0 Å². The molecule has 0 amide bonds. The Morgan fingerprint density at radius 1 is 0.793 bits per heavy atom. The summed E-state index contributed by atoms with van der Waals surface area (Å²) in [7, 11) is 1.77. The molecular formula is C24H35ClO3S. The van der Waals surface area contributed by atoms with E-state index in [9.17, 15) is 13.5 Å². The van der Waals surface area contributed by atoms with Gasteiger partial charge in [-0.25, -0.2) is 8.42 Å². The second-order valence-electron chi connectivity index (χ2n) is 8.00. The van der Waals surface area contributed by atoms with Crippen LogP contribution in [0.5, 0.6) is 5.75 Å². The molecule has 29 heavy (non-hydrogen) atoms. The lowest BCUT2D eigenvalue weighted by Crippen LogP contribution is -1.97. The third-order valence-electron chi connectivity index (χ3n) is 5.62. The van der Waals surface area contributed by atoms with Crippen molar-refractivity contribution in [2.45, 2.75) is 95.3 Å². The lowest BCUT2D eigenvalue weighted by Gasteiger charge is -2.11. The number of rotatable bonds is 14. The fourth-order valence-electron chi connectivity index (χ4n) is 3.93. The largest absolute Gasteiger partial charge is 0.507 e. The molecule has 0 unspecified atom stereocenters. The summed E-state index contributed by atoms with van der Waals surface area (Å²) < 4.78 is 23.9. The van der Waals surface area contributed by atoms with E-state index in [1.807, 2.05) is 0 Å². The third kappa shape index (κ3) is 7.82. The van der Waals surface area contributed by atoms with Gasteiger partial charge in [0.05, 0.1) is 4.90 Å². The minimum atomic E-state index is -3.86. The number of unbranched alkanes of at least 4 members (excludes halogenated alkanes) is 11. The summed E-state index contributed by atoms with van der Waals surface area (Å²) in [6.45, 7) is 2.25. The summed E-state index contributed by atoms with van der Waals surface area (Å²) >= 11 is 0. The van der Waals surface area contributed by atoms with Crippen LogP contribution in [0.3, 0.4) is 0 Å². The van der Waals surface area contributed by atoms with Gasteiger partial charge in [0.2, 0.25) is 0 Å². The normalized spacial score (nSPS) is 11.9. The molecule has 0 heterocycles. The molecule has 3 nitrogen and oxygen atoms in total. The van der Waals surface area contributed by atoms with Crippen LogP contribution in [-0.2, 0) is 15.5 Å². The van der Waals surface area contributed by atoms with Gasteiger partial charge in [-0.2, -0.15) is 0 Å². The summed E-state index contributed by atoms with van der Waals surface area (Å²) in [5.74, 6) is 0.174. The molecule has 162 valence electrons. The molecule has 0 aliphatic rings. The summed E-state index contributed by atoms with van der Waals surface area (Å²) in [5.41, 5.74) is 0.662. The number of phenols is 1. The van der Waals surface area contributed by atoms with Crippen LogP contribution in [0, 0.1) is 0 Å². The Hall–Kier alpha value is -1.26. The Morgan fingerprint density at radius 2 is 1.28 bits per heavy atom. The summed E-state index contributed by atoms with van der Waals surface area (Å²) in [4.78, 5) is 0.0847. The Labute approximate surface area is 180 Å². The van der Waals surface area contributed by atoms with E-state index in [1.165, 1.54) is 64.2 Å². The van der Waals surface area contributed by atoms with Gasteiger partial charge in [-0.05, 0) is 24.5 Å². The van der Waals surface area contributed by atoms with Crippen LogP contribution in [0.4, 0.5) is 0 Å². The molecule has 0 atom stereocenters. The number of phenolic OH excluding ortho intramolecular Hbond substituents is 1. The van der Waals surface area contributed by atoms with Crippen molar-refractivity contribution in [3.8, 4) is 5.75 Å². The fraction of sp³-hybridized carbons (Fsp3) is 0.583. The highest BCUT2D eigenvalue weighted by molar-refractivity contribution is 8.14. The molecular weight excluding hydrogens is 404 g/mol. The Bertz CT molecular complexity index is 862. The molecule has 0 aliphatic carbocycles. The van der Waals surface area contributed by atoms with E-state index < -0.39 is 9.05 Å². The average molecular weight is 439 g/mol. The predicted molar refractivity (Wildman–Crippen MR) is 123 cm³/mol. The van der Waals surface area contributed by atoms with Crippen molar-refractivity contribution in [1.29, 1.82) is 0 Å².